The van der Waals surface area contributed by atoms with E-state index in [9.17, 15) is 20.1 Å². The van der Waals surface area contributed by atoms with Crippen LogP contribution in [0.25, 0.3) is 0 Å². The van der Waals surface area contributed by atoms with Gasteiger partial charge in [-0.3, -0.25) is 0 Å². The lowest BCUT2D eigenvalue weighted by Crippen LogP contribution is -2.16. The molecule has 0 saturated heterocycles. The van der Waals surface area contributed by atoms with Crippen LogP contribution >= 0.6 is 75.9 Å². The molecule has 0 amide bonds. The van der Waals surface area contributed by atoms with E-state index in [0.717, 1.165) is 0 Å². The van der Waals surface area contributed by atoms with Crippen LogP contribution in [0.4, 0.5) is 5.69 Å². The Morgan fingerprint density at radius 3 is 1.94 bits per heavy atom. The molecule has 3 N–H and O–H groups in total. The fourth-order valence-electron chi connectivity index (χ4n) is 3.56. The van der Waals surface area contributed by atoms with Gasteiger partial charge < -0.3 is 20.1 Å². The van der Waals surface area contributed by atoms with E-state index < -0.39 is 11.9 Å². The number of aliphatic imine (C=N–C) groups is 1. The number of halogens is 4. The Balaban J connectivity index is 2.12. The average Bonchev–Trinajstić information content (AvgIpc) is 2.76. The van der Waals surface area contributed by atoms with E-state index in [4.69, 9.17) is 4.74 Å². The van der Waals surface area contributed by atoms with E-state index in [2.05, 4.69) is 86.1 Å². The van der Waals surface area contributed by atoms with Crippen molar-refractivity contribution in [1.82, 2.24) is 0 Å². The van der Waals surface area contributed by atoms with Gasteiger partial charge in [-0.25, -0.2) is 4.79 Å². The van der Waals surface area contributed by atoms with Crippen molar-refractivity contribution in [2.45, 2.75) is 5.92 Å². The normalized spacial score (nSPS) is 12.4. The molecule has 3 aromatic rings. The van der Waals surface area contributed by atoms with Crippen molar-refractivity contribution in [3.05, 3.63) is 70.5 Å². The van der Waals surface area contributed by atoms with Crippen molar-refractivity contribution in [3.63, 3.8) is 0 Å². The number of carboxylic acid groups (broad SMARTS) is 1. The minimum absolute atomic E-state index is 0.0148. The van der Waals surface area contributed by atoms with E-state index in [0.29, 0.717) is 42.8 Å². The monoisotopic (exact) mass is 703 g/mol. The first-order valence-corrected chi connectivity index (χ1v) is 12.3. The zero-order chi connectivity index (χ0) is 23.3. The lowest BCUT2D eigenvalue weighted by atomic mass is 9.80. The first-order chi connectivity index (χ1) is 15.1. The molecule has 0 bridgehead atoms. The molecule has 0 saturated carbocycles. The molecule has 0 aromatic heterocycles. The molecule has 11 heteroatoms. The van der Waals surface area contributed by atoms with Crippen LogP contribution in [0.2, 0.25) is 0 Å². The first kappa shape index (κ1) is 23.4. The maximum Gasteiger partial charge on any atom is 0.336 e. The number of phenolic OH excluding ortho intramolecular Hbond substituents is 2. The zero-order valence-electron chi connectivity index (χ0n) is 15.5. The van der Waals surface area contributed by atoms with Crippen LogP contribution in [0.15, 0.2) is 53.2 Å². The van der Waals surface area contributed by atoms with Gasteiger partial charge in [0.1, 0.15) is 31.9 Å². The molecule has 162 valence electrons. The summed E-state index contributed by atoms with van der Waals surface area (Å²) >= 11 is 18.0. The Morgan fingerprint density at radius 1 is 0.938 bits per heavy atom. The number of thiocarbonyl (C=S) groups is 1. The molecule has 0 radical (unpaired) electrons. The van der Waals surface area contributed by atoms with Crippen molar-refractivity contribution in [1.29, 1.82) is 0 Å². The molecule has 32 heavy (non-hydrogen) atoms. The molecule has 0 fully saturated rings. The topological polar surface area (TPSA) is 99.4 Å². The minimum Gasteiger partial charge on any atom is -0.505 e. The molecule has 1 heterocycles. The lowest BCUT2D eigenvalue weighted by molar-refractivity contribution is 0.0695. The lowest BCUT2D eigenvalue weighted by Gasteiger charge is -2.31. The molecule has 3 aromatic carbocycles. The van der Waals surface area contributed by atoms with Gasteiger partial charge in [-0.1, -0.05) is 6.07 Å². The van der Waals surface area contributed by atoms with Gasteiger partial charge in [0.2, 0.25) is 0 Å². The largest absolute Gasteiger partial charge is 0.505 e. The van der Waals surface area contributed by atoms with Gasteiger partial charge in [-0.2, -0.15) is 4.99 Å². The molecule has 0 unspecified atom stereocenters. The summed E-state index contributed by atoms with van der Waals surface area (Å²) in [5.41, 5.74) is 2.04. The van der Waals surface area contributed by atoms with Crippen molar-refractivity contribution in [2.24, 2.45) is 4.99 Å². The Morgan fingerprint density at radius 2 is 1.47 bits per heavy atom. The zero-order valence-corrected chi connectivity index (χ0v) is 22.7. The van der Waals surface area contributed by atoms with E-state index >= 15 is 0 Å². The second-order valence-electron chi connectivity index (χ2n) is 6.69. The summed E-state index contributed by atoms with van der Waals surface area (Å²) in [4.78, 5) is 16.1. The van der Waals surface area contributed by atoms with Crippen LogP contribution in [-0.2, 0) is 0 Å². The Hall–Kier alpha value is -1.75. The third-order valence-electron chi connectivity index (χ3n) is 4.93. The van der Waals surface area contributed by atoms with Crippen LogP contribution in [-0.4, -0.2) is 26.5 Å². The first-order valence-electron chi connectivity index (χ1n) is 8.70. The number of isothiocyanates is 1. The number of carboxylic acids is 1. The summed E-state index contributed by atoms with van der Waals surface area (Å²) in [7, 11) is 0. The predicted octanol–water partition coefficient (Wildman–Crippen LogP) is 7.87. The van der Waals surface area contributed by atoms with E-state index in [1.165, 1.54) is 6.07 Å². The molecular weight excluding hydrogens is 698 g/mol. The fraction of sp³-hybridized carbons (Fsp3) is 0.0476. The number of nitrogens with zero attached hydrogens (tertiary/aromatic N) is 1. The van der Waals surface area contributed by atoms with Crippen molar-refractivity contribution in [3.8, 4) is 23.0 Å². The van der Waals surface area contributed by atoms with E-state index in [1.807, 2.05) is 0 Å². The highest BCUT2D eigenvalue weighted by atomic mass is 79.9. The van der Waals surface area contributed by atoms with Crippen molar-refractivity contribution >= 4 is 92.8 Å². The Kier molecular flexibility index (Phi) is 6.50. The van der Waals surface area contributed by atoms with Crippen molar-refractivity contribution < 1.29 is 24.9 Å². The third-order valence-corrected chi connectivity index (χ3v) is 7.71. The van der Waals surface area contributed by atoms with Gasteiger partial charge >= 0.3 is 5.97 Å². The van der Waals surface area contributed by atoms with Gasteiger partial charge in [0, 0.05) is 17.0 Å². The van der Waals surface area contributed by atoms with E-state index in [1.54, 1.807) is 24.3 Å². The summed E-state index contributed by atoms with van der Waals surface area (Å²) in [6.07, 6.45) is 0. The van der Waals surface area contributed by atoms with Crippen LogP contribution < -0.4 is 4.74 Å². The smallest absolute Gasteiger partial charge is 0.336 e. The molecule has 6 nitrogen and oxygen atoms in total. The van der Waals surface area contributed by atoms with Gasteiger partial charge in [0.25, 0.3) is 0 Å². The summed E-state index contributed by atoms with van der Waals surface area (Å²) in [6.45, 7) is 0. The second kappa shape index (κ2) is 8.89. The van der Waals surface area contributed by atoms with E-state index in [-0.39, 0.29) is 26.0 Å². The van der Waals surface area contributed by atoms with Gasteiger partial charge in [0.15, 0.2) is 0 Å². The van der Waals surface area contributed by atoms with Crippen molar-refractivity contribution in [2.75, 3.05) is 0 Å². The summed E-state index contributed by atoms with van der Waals surface area (Å²) in [5.74, 6) is -1.33. The molecule has 0 atom stereocenters. The predicted molar refractivity (Wildman–Crippen MR) is 136 cm³/mol. The van der Waals surface area contributed by atoms with Crippen LogP contribution in [0, 0.1) is 0 Å². The third kappa shape index (κ3) is 3.81. The number of benzene rings is 3. The number of aromatic hydroxyl groups is 2. The standard InChI is InChI=1S/C21H9Br4NO5S/c22-12-4-10-14(8-2-1-7(26-6-32)3-9(8)21(29)30)11-5-13(23)18(28)16(25)20(11)31-19(10)15(24)17(12)27/h1-5,14,27-28H,(H,29,30). The fourth-order valence-corrected chi connectivity index (χ4v) is 6.14. The highest BCUT2D eigenvalue weighted by molar-refractivity contribution is 9.11. The highest BCUT2D eigenvalue weighted by Crippen LogP contribution is 2.58. The maximum atomic E-state index is 12.2. The molecule has 0 spiro atoms. The number of phenols is 2. The number of hydrogen-bond acceptors (Lipinski definition) is 6. The summed E-state index contributed by atoms with van der Waals surface area (Å²) < 4.78 is 7.44. The summed E-state index contributed by atoms with van der Waals surface area (Å²) in [5, 5.41) is 33.0. The average molecular weight is 707 g/mol. The van der Waals surface area contributed by atoms with Gasteiger partial charge in [-0.05, 0) is 106 Å². The van der Waals surface area contributed by atoms with Gasteiger partial charge in [0.05, 0.1) is 25.4 Å². The van der Waals surface area contributed by atoms with Gasteiger partial charge in [-0.15, -0.1) is 0 Å². The molecule has 1 aliphatic heterocycles. The number of fused-ring (bicyclic) bond motifs is 2. The molecular formula is C21H9Br4NO5S. The maximum absolute atomic E-state index is 12.2. The number of aromatic carboxylic acids is 1. The quantitative estimate of drug-likeness (QED) is 0.148. The van der Waals surface area contributed by atoms with Crippen LogP contribution in [0.5, 0.6) is 23.0 Å². The van der Waals surface area contributed by atoms with Crippen LogP contribution in [0.1, 0.15) is 33.0 Å². The SMILES string of the molecule is O=C(O)c1cc(N=C=S)ccc1C1c2cc(Br)c(O)c(Br)c2Oc2c1cc(Br)c(O)c2Br. The highest BCUT2D eigenvalue weighted by Gasteiger charge is 2.36. The Labute approximate surface area is 220 Å². The number of ether oxygens (including phenoxy) is 1. The number of hydrogen-bond donors (Lipinski definition) is 3. The number of rotatable bonds is 3. The molecule has 1 aliphatic rings. The molecule has 4 rings (SSSR count). The molecule has 0 aliphatic carbocycles. The summed E-state index contributed by atoms with van der Waals surface area (Å²) in [6, 6.07) is 8.06. The Bertz CT molecular complexity index is 1310. The second-order valence-corrected chi connectivity index (χ2v) is 10.2. The minimum atomic E-state index is -1.15. The van der Waals surface area contributed by atoms with Crippen LogP contribution in [0.3, 0.4) is 0 Å². The number of carbonyl (C=O) groups is 1.